The Balaban J connectivity index is 1.64. The first-order valence-corrected chi connectivity index (χ1v) is 10.9. The van der Waals surface area contributed by atoms with Crippen LogP contribution in [0.5, 0.6) is 0 Å². The first-order chi connectivity index (χ1) is 11.4. The van der Waals surface area contributed by atoms with Crippen molar-refractivity contribution in [1.82, 2.24) is 0 Å². The summed E-state index contributed by atoms with van der Waals surface area (Å²) in [6.07, 6.45) is 13.9. The highest BCUT2D eigenvalue weighted by atomic mass is 16.1. The van der Waals surface area contributed by atoms with E-state index in [1.807, 2.05) is 6.92 Å². The van der Waals surface area contributed by atoms with E-state index in [1.54, 1.807) is 0 Å². The highest BCUT2D eigenvalue weighted by Gasteiger charge is 2.61. The summed E-state index contributed by atoms with van der Waals surface area (Å²) in [5.41, 5.74) is 0.988. The summed E-state index contributed by atoms with van der Waals surface area (Å²) in [7, 11) is 0. The maximum atomic E-state index is 12.4. The van der Waals surface area contributed by atoms with Gasteiger partial charge >= 0.3 is 0 Å². The lowest BCUT2D eigenvalue weighted by atomic mass is 9.43. The van der Waals surface area contributed by atoms with Gasteiger partial charge in [-0.2, -0.15) is 0 Å². The standard InChI is InChI=1S/C23H38O/c1-5-23-13-11-20-18(21(23)9-8-19(23)16(3)24)7-6-17-14-15(2)10-12-22(17,20)4/h15,17-21H,5-14H2,1-4H3. The maximum absolute atomic E-state index is 12.4. The number of hydrogen-bond donors (Lipinski definition) is 0. The van der Waals surface area contributed by atoms with Gasteiger partial charge in [-0.3, -0.25) is 4.79 Å². The molecule has 0 aliphatic heterocycles. The van der Waals surface area contributed by atoms with Gasteiger partial charge in [0.1, 0.15) is 5.78 Å². The van der Waals surface area contributed by atoms with Crippen LogP contribution in [-0.4, -0.2) is 5.78 Å². The van der Waals surface area contributed by atoms with Gasteiger partial charge in [-0.15, -0.1) is 0 Å². The number of carbonyl (C=O) groups is 1. The van der Waals surface area contributed by atoms with Gasteiger partial charge < -0.3 is 0 Å². The van der Waals surface area contributed by atoms with Crippen LogP contribution in [0.2, 0.25) is 0 Å². The van der Waals surface area contributed by atoms with Gasteiger partial charge in [-0.1, -0.05) is 27.2 Å². The van der Waals surface area contributed by atoms with E-state index >= 15 is 0 Å². The van der Waals surface area contributed by atoms with Crippen molar-refractivity contribution in [2.75, 3.05) is 0 Å². The molecule has 4 saturated carbocycles. The fourth-order valence-electron chi connectivity index (χ4n) is 8.58. The van der Waals surface area contributed by atoms with Crippen LogP contribution in [0.25, 0.3) is 0 Å². The Morgan fingerprint density at radius 2 is 1.79 bits per heavy atom. The van der Waals surface area contributed by atoms with Crippen LogP contribution in [0.15, 0.2) is 0 Å². The largest absolute Gasteiger partial charge is 0.300 e. The van der Waals surface area contributed by atoms with Crippen LogP contribution in [0.3, 0.4) is 0 Å². The third kappa shape index (κ3) is 2.21. The number of Topliss-reactive ketones (excluding diaryl/α,β-unsaturated/α-hetero) is 1. The van der Waals surface area contributed by atoms with Crippen LogP contribution in [0.4, 0.5) is 0 Å². The van der Waals surface area contributed by atoms with Crippen LogP contribution in [0.1, 0.15) is 91.9 Å². The quantitative estimate of drug-likeness (QED) is 0.584. The zero-order valence-electron chi connectivity index (χ0n) is 16.4. The normalized spacial score (nSPS) is 53.8. The van der Waals surface area contributed by atoms with Gasteiger partial charge in [-0.05, 0) is 105 Å². The first kappa shape index (κ1) is 17.1. The highest BCUT2D eigenvalue weighted by molar-refractivity contribution is 5.79. The zero-order valence-corrected chi connectivity index (χ0v) is 16.4. The molecule has 4 rings (SSSR count). The van der Waals surface area contributed by atoms with Crippen LogP contribution in [-0.2, 0) is 4.79 Å². The molecular weight excluding hydrogens is 292 g/mol. The molecule has 0 N–H and O–H groups in total. The number of hydrogen-bond acceptors (Lipinski definition) is 1. The zero-order chi connectivity index (χ0) is 17.1. The molecule has 1 heteroatoms. The molecule has 0 aromatic carbocycles. The third-order valence-corrected chi connectivity index (χ3v) is 9.79. The Kier molecular flexibility index (Phi) is 4.17. The van der Waals surface area contributed by atoms with Gasteiger partial charge in [0, 0.05) is 5.92 Å². The van der Waals surface area contributed by atoms with Gasteiger partial charge in [0.15, 0.2) is 0 Å². The summed E-state index contributed by atoms with van der Waals surface area (Å²) in [5, 5.41) is 0. The van der Waals surface area contributed by atoms with E-state index < -0.39 is 0 Å². The van der Waals surface area contributed by atoms with E-state index in [0.29, 0.717) is 22.5 Å². The average Bonchev–Trinajstić information content (AvgIpc) is 2.95. The molecule has 8 unspecified atom stereocenters. The van der Waals surface area contributed by atoms with Crippen molar-refractivity contribution >= 4 is 5.78 Å². The molecule has 0 amide bonds. The van der Waals surface area contributed by atoms with Crippen molar-refractivity contribution in [3.05, 3.63) is 0 Å². The smallest absolute Gasteiger partial charge is 0.133 e. The minimum absolute atomic E-state index is 0.373. The second kappa shape index (κ2) is 5.85. The fourth-order valence-corrected chi connectivity index (χ4v) is 8.58. The lowest BCUT2D eigenvalue weighted by Crippen LogP contribution is -2.54. The molecule has 4 aliphatic carbocycles. The van der Waals surface area contributed by atoms with E-state index in [0.717, 1.165) is 29.6 Å². The van der Waals surface area contributed by atoms with Gasteiger partial charge in [-0.25, -0.2) is 0 Å². The number of carbonyl (C=O) groups excluding carboxylic acids is 1. The summed E-state index contributed by atoms with van der Waals surface area (Å²) < 4.78 is 0. The van der Waals surface area contributed by atoms with Crippen LogP contribution in [0, 0.1) is 46.3 Å². The van der Waals surface area contributed by atoms with Gasteiger partial charge in [0.25, 0.3) is 0 Å². The third-order valence-electron chi connectivity index (χ3n) is 9.79. The molecular formula is C23H38O. The van der Waals surface area contributed by atoms with Gasteiger partial charge in [0.2, 0.25) is 0 Å². The molecule has 8 atom stereocenters. The molecule has 4 fully saturated rings. The summed E-state index contributed by atoms with van der Waals surface area (Å²) in [6.45, 7) is 9.39. The van der Waals surface area contributed by atoms with E-state index in [1.165, 1.54) is 64.2 Å². The van der Waals surface area contributed by atoms with Crippen LogP contribution < -0.4 is 0 Å². The van der Waals surface area contributed by atoms with Crippen molar-refractivity contribution in [1.29, 1.82) is 0 Å². The summed E-state index contributed by atoms with van der Waals surface area (Å²) in [6, 6.07) is 0. The first-order valence-electron chi connectivity index (χ1n) is 10.9. The minimum Gasteiger partial charge on any atom is -0.300 e. The molecule has 0 bridgehead atoms. The average molecular weight is 331 g/mol. The molecule has 136 valence electrons. The lowest BCUT2D eigenvalue weighted by Gasteiger charge is -2.61. The van der Waals surface area contributed by atoms with E-state index in [-0.39, 0.29) is 0 Å². The minimum atomic E-state index is 0.373. The van der Waals surface area contributed by atoms with Crippen molar-refractivity contribution in [3.8, 4) is 0 Å². The van der Waals surface area contributed by atoms with Crippen LogP contribution >= 0.6 is 0 Å². The maximum Gasteiger partial charge on any atom is 0.133 e. The number of fused-ring (bicyclic) bond motifs is 5. The van der Waals surface area contributed by atoms with E-state index in [4.69, 9.17) is 0 Å². The Hall–Kier alpha value is -0.330. The van der Waals surface area contributed by atoms with Crippen molar-refractivity contribution in [2.45, 2.75) is 91.9 Å². The fraction of sp³-hybridized carbons (Fsp3) is 0.957. The predicted molar refractivity (Wildman–Crippen MR) is 99.7 cm³/mol. The van der Waals surface area contributed by atoms with Crippen molar-refractivity contribution in [2.24, 2.45) is 46.3 Å². The Morgan fingerprint density at radius 3 is 2.50 bits per heavy atom. The molecule has 4 aliphatic rings. The highest BCUT2D eigenvalue weighted by Crippen LogP contribution is 2.68. The topological polar surface area (TPSA) is 17.1 Å². The molecule has 0 spiro atoms. The molecule has 0 heterocycles. The summed E-state index contributed by atoms with van der Waals surface area (Å²) >= 11 is 0. The monoisotopic (exact) mass is 330 g/mol. The Labute approximate surface area is 149 Å². The SMILES string of the molecule is CCC12CCC3C(CCC4CC(C)CCC43C)C1CCC2C(C)=O. The predicted octanol–water partition coefficient (Wildman–Crippen LogP) is 6.26. The second-order valence-corrected chi connectivity index (χ2v) is 10.4. The molecule has 0 aromatic heterocycles. The number of rotatable bonds is 2. The molecule has 0 saturated heterocycles. The van der Waals surface area contributed by atoms with E-state index in [2.05, 4.69) is 20.8 Å². The lowest BCUT2D eigenvalue weighted by molar-refractivity contribution is -0.138. The van der Waals surface area contributed by atoms with E-state index in [9.17, 15) is 4.79 Å². The molecule has 24 heavy (non-hydrogen) atoms. The molecule has 1 nitrogen and oxygen atoms in total. The second-order valence-electron chi connectivity index (χ2n) is 10.4. The van der Waals surface area contributed by atoms with Crippen molar-refractivity contribution in [3.63, 3.8) is 0 Å². The Morgan fingerprint density at radius 1 is 1.00 bits per heavy atom. The van der Waals surface area contributed by atoms with Gasteiger partial charge in [0.05, 0.1) is 0 Å². The Bertz CT molecular complexity index is 510. The molecule has 0 aromatic rings. The summed E-state index contributed by atoms with van der Waals surface area (Å²) in [5.74, 6) is 5.55. The summed E-state index contributed by atoms with van der Waals surface area (Å²) in [4.78, 5) is 12.4. The molecule has 0 radical (unpaired) electrons. The van der Waals surface area contributed by atoms with Crippen molar-refractivity contribution < 1.29 is 4.79 Å². The number of ketones is 1.